The topological polar surface area (TPSA) is 0 Å². The van der Waals surface area contributed by atoms with Crippen LogP contribution in [0.5, 0.6) is 0 Å². The van der Waals surface area contributed by atoms with Crippen LogP contribution in [0.4, 0.5) is 0 Å². The number of benzene rings is 2. The van der Waals surface area contributed by atoms with Gasteiger partial charge in [-0.3, -0.25) is 0 Å². The van der Waals surface area contributed by atoms with Gasteiger partial charge >= 0.3 is 0 Å². The van der Waals surface area contributed by atoms with Gasteiger partial charge in [-0.1, -0.05) is 73.7 Å². The van der Waals surface area contributed by atoms with E-state index in [-0.39, 0.29) is 0 Å². The molecule has 0 aliphatic heterocycles. The zero-order chi connectivity index (χ0) is 11.9. The third kappa shape index (κ3) is 3.60. The number of allylic oxidation sites excluding steroid dienone is 1. The monoisotopic (exact) mass is 222 g/mol. The van der Waals surface area contributed by atoms with Gasteiger partial charge in [0.2, 0.25) is 0 Å². The van der Waals surface area contributed by atoms with Gasteiger partial charge in [0, 0.05) is 0 Å². The summed E-state index contributed by atoms with van der Waals surface area (Å²) in [7, 11) is 0. The van der Waals surface area contributed by atoms with Gasteiger partial charge in [-0.25, -0.2) is 0 Å². The average molecular weight is 222 g/mol. The Morgan fingerprint density at radius 1 is 0.824 bits per heavy atom. The molecule has 0 heteroatoms. The first kappa shape index (κ1) is 11.7. The Labute approximate surface area is 104 Å². The van der Waals surface area contributed by atoms with Gasteiger partial charge in [0.1, 0.15) is 0 Å². The molecule has 0 spiro atoms. The lowest BCUT2D eigenvalue weighted by Crippen LogP contribution is -1.81. The fraction of sp³-hybridized carbons (Fsp3) is 0.176. The molecule has 0 saturated carbocycles. The second kappa shape index (κ2) is 6.05. The van der Waals surface area contributed by atoms with E-state index in [4.69, 9.17) is 0 Å². The van der Waals surface area contributed by atoms with Crippen LogP contribution in [0, 0.1) is 0 Å². The molecule has 2 rings (SSSR count). The number of hydrogen-bond acceptors (Lipinski definition) is 0. The van der Waals surface area contributed by atoms with Gasteiger partial charge in [0.25, 0.3) is 0 Å². The molecule has 0 atom stereocenters. The van der Waals surface area contributed by atoms with Crippen molar-refractivity contribution < 1.29 is 0 Å². The van der Waals surface area contributed by atoms with E-state index in [1.54, 1.807) is 0 Å². The molecule has 2 aromatic rings. The van der Waals surface area contributed by atoms with Crippen molar-refractivity contribution in [3.8, 4) is 0 Å². The predicted octanol–water partition coefficient (Wildman–Crippen LogP) is 4.50. The molecule has 0 radical (unpaired) electrons. The van der Waals surface area contributed by atoms with Crippen molar-refractivity contribution in [3.05, 3.63) is 77.4 Å². The van der Waals surface area contributed by atoms with Crippen molar-refractivity contribution in [2.24, 2.45) is 0 Å². The lowest BCUT2D eigenvalue weighted by molar-refractivity contribution is 1.14. The molecule has 0 aliphatic rings. The fourth-order valence-electron chi connectivity index (χ4n) is 1.81. The minimum atomic E-state index is 0.996. The summed E-state index contributed by atoms with van der Waals surface area (Å²) < 4.78 is 0. The molecule has 0 bridgehead atoms. The highest BCUT2D eigenvalue weighted by Crippen LogP contribution is 2.08. The second-order valence-corrected chi connectivity index (χ2v) is 4.19. The quantitative estimate of drug-likeness (QED) is 0.714. The van der Waals surface area contributed by atoms with Gasteiger partial charge in [0.15, 0.2) is 0 Å². The van der Waals surface area contributed by atoms with Gasteiger partial charge in [-0.2, -0.15) is 0 Å². The molecule has 0 aromatic heterocycles. The van der Waals surface area contributed by atoms with E-state index < -0.39 is 0 Å². The van der Waals surface area contributed by atoms with E-state index in [0.717, 1.165) is 12.8 Å². The second-order valence-electron chi connectivity index (χ2n) is 4.19. The van der Waals surface area contributed by atoms with E-state index in [0.29, 0.717) is 0 Å². The Morgan fingerprint density at radius 2 is 1.53 bits per heavy atom. The summed E-state index contributed by atoms with van der Waals surface area (Å²) in [5.41, 5.74) is 4.03. The standard InChI is InChI=1S/C17H18/c1-2-15-11-13-17(14-12-15)10-6-9-16-7-4-3-5-8-16/h3-8,10-14H,2,9H2,1H3/b10-6+. The summed E-state index contributed by atoms with van der Waals surface area (Å²) in [5.74, 6) is 0. The average Bonchev–Trinajstić information content (AvgIpc) is 2.41. The first-order valence-electron chi connectivity index (χ1n) is 6.18. The third-order valence-electron chi connectivity index (χ3n) is 2.89. The molecular formula is C17H18. The van der Waals surface area contributed by atoms with Crippen LogP contribution in [0.15, 0.2) is 60.7 Å². The molecule has 17 heavy (non-hydrogen) atoms. The Bertz CT molecular complexity index is 463. The van der Waals surface area contributed by atoms with Gasteiger partial charge < -0.3 is 0 Å². The van der Waals surface area contributed by atoms with Crippen LogP contribution in [0.1, 0.15) is 23.6 Å². The van der Waals surface area contributed by atoms with Crippen LogP contribution in [-0.2, 0) is 12.8 Å². The number of aryl methyl sites for hydroxylation is 1. The SMILES string of the molecule is CCc1ccc(/C=C/Cc2ccccc2)cc1. The van der Waals surface area contributed by atoms with Crippen molar-refractivity contribution in [1.82, 2.24) is 0 Å². The van der Waals surface area contributed by atoms with Crippen LogP contribution in [0.2, 0.25) is 0 Å². The first-order valence-corrected chi connectivity index (χ1v) is 6.18. The highest BCUT2D eigenvalue weighted by Gasteiger charge is 1.90. The van der Waals surface area contributed by atoms with Crippen molar-refractivity contribution in [2.75, 3.05) is 0 Å². The third-order valence-corrected chi connectivity index (χ3v) is 2.89. The number of rotatable bonds is 4. The summed E-state index contributed by atoms with van der Waals surface area (Å²) in [6.45, 7) is 2.18. The summed E-state index contributed by atoms with van der Waals surface area (Å²) in [6.07, 6.45) is 6.51. The maximum atomic E-state index is 2.22. The summed E-state index contributed by atoms with van der Waals surface area (Å²) in [4.78, 5) is 0. The van der Waals surface area contributed by atoms with Crippen molar-refractivity contribution in [2.45, 2.75) is 19.8 Å². The molecule has 0 nitrogen and oxygen atoms in total. The van der Waals surface area contributed by atoms with Crippen molar-refractivity contribution in [3.63, 3.8) is 0 Å². The Hall–Kier alpha value is -1.82. The smallest absolute Gasteiger partial charge is 0.00941 e. The van der Waals surface area contributed by atoms with Gasteiger partial charge in [-0.05, 0) is 29.5 Å². The molecule has 86 valence electrons. The predicted molar refractivity (Wildman–Crippen MR) is 75.0 cm³/mol. The molecule has 0 amide bonds. The molecule has 0 fully saturated rings. The maximum Gasteiger partial charge on any atom is -0.00941 e. The number of hydrogen-bond donors (Lipinski definition) is 0. The van der Waals surface area contributed by atoms with E-state index in [9.17, 15) is 0 Å². The normalized spacial score (nSPS) is 10.9. The largest absolute Gasteiger partial charge is 0.0795 e. The van der Waals surface area contributed by atoms with Crippen molar-refractivity contribution in [1.29, 1.82) is 0 Å². The molecular weight excluding hydrogens is 204 g/mol. The minimum absolute atomic E-state index is 0.996. The first-order chi connectivity index (χ1) is 8.38. The van der Waals surface area contributed by atoms with Crippen LogP contribution in [0.3, 0.4) is 0 Å². The fourth-order valence-corrected chi connectivity index (χ4v) is 1.81. The molecule has 0 N–H and O–H groups in total. The zero-order valence-corrected chi connectivity index (χ0v) is 10.3. The lowest BCUT2D eigenvalue weighted by atomic mass is 10.1. The van der Waals surface area contributed by atoms with Crippen LogP contribution in [-0.4, -0.2) is 0 Å². The van der Waals surface area contributed by atoms with E-state index in [2.05, 4.69) is 73.7 Å². The molecule has 0 aliphatic carbocycles. The maximum absolute atomic E-state index is 2.22. The van der Waals surface area contributed by atoms with Crippen LogP contribution < -0.4 is 0 Å². The van der Waals surface area contributed by atoms with E-state index in [1.807, 2.05) is 0 Å². The molecule has 0 saturated heterocycles. The molecule has 0 heterocycles. The summed E-state index contributed by atoms with van der Waals surface area (Å²) in [6, 6.07) is 19.3. The van der Waals surface area contributed by atoms with Gasteiger partial charge in [0.05, 0.1) is 0 Å². The lowest BCUT2D eigenvalue weighted by Gasteiger charge is -1.98. The zero-order valence-electron chi connectivity index (χ0n) is 10.3. The van der Waals surface area contributed by atoms with Crippen LogP contribution >= 0.6 is 0 Å². The summed E-state index contributed by atoms with van der Waals surface area (Å²) >= 11 is 0. The van der Waals surface area contributed by atoms with E-state index >= 15 is 0 Å². The van der Waals surface area contributed by atoms with Crippen molar-refractivity contribution >= 4 is 6.08 Å². The minimum Gasteiger partial charge on any atom is -0.0795 e. The Balaban J connectivity index is 1.96. The van der Waals surface area contributed by atoms with E-state index in [1.165, 1.54) is 16.7 Å². The molecule has 2 aromatic carbocycles. The highest BCUT2D eigenvalue weighted by molar-refractivity contribution is 5.50. The Kier molecular flexibility index (Phi) is 4.15. The van der Waals surface area contributed by atoms with Gasteiger partial charge in [-0.15, -0.1) is 0 Å². The molecule has 0 unspecified atom stereocenters. The highest BCUT2D eigenvalue weighted by atomic mass is 14.0. The summed E-state index contributed by atoms with van der Waals surface area (Å²) in [5, 5.41) is 0. The Morgan fingerprint density at radius 3 is 2.18 bits per heavy atom. The van der Waals surface area contributed by atoms with Crippen LogP contribution in [0.25, 0.3) is 6.08 Å².